The Hall–Kier alpha value is -3.72. The predicted molar refractivity (Wildman–Crippen MR) is 122 cm³/mol. The van der Waals surface area contributed by atoms with Crippen LogP contribution < -0.4 is 16.0 Å². The number of rotatable bonds is 7. The SMILES string of the molecule is CCCC(NC(=O)c1ccc(NC(=O)Nc2ccccc2)s1)c1nnc2ccccn12. The zero-order valence-corrected chi connectivity index (χ0v) is 17.7. The number of amides is 3. The van der Waals surface area contributed by atoms with Crippen LogP contribution in [0.25, 0.3) is 5.65 Å². The van der Waals surface area contributed by atoms with Crippen molar-refractivity contribution in [2.75, 3.05) is 10.6 Å². The van der Waals surface area contributed by atoms with Gasteiger partial charge in [0.15, 0.2) is 11.5 Å². The number of hydrogen-bond acceptors (Lipinski definition) is 5. The standard InChI is InChI=1S/C22H22N6O2S/c1-2-8-16(20-27-26-18-11-6-7-14-28(18)20)24-21(29)17-12-13-19(31-17)25-22(30)23-15-9-4-3-5-10-15/h3-7,9-14,16H,2,8H2,1H3,(H,24,29)(H2,23,25,30). The molecule has 3 N–H and O–H groups in total. The molecular formula is C22H22N6O2S. The van der Waals surface area contributed by atoms with E-state index in [-0.39, 0.29) is 18.0 Å². The Morgan fingerprint density at radius 2 is 1.81 bits per heavy atom. The van der Waals surface area contributed by atoms with Gasteiger partial charge in [0.2, 0.25) is 0 Å². The Morgan fingerprint density at radius 3 is 2.61 bits per heavy atom. The molecule has 0 aliphatic rings. The van der Waals surface area contributed by atoms with E-state index < -0.39 is 0 Å². The fourth-order valence-corrected chi connectivity index (χ4v) is 4.01. The van der Waals surface area contributed by atoms with Crippen molar-refractivity contribution >= 4 is 39.6 Å². The van der Waals surface area contributed by atoms with Crippen LogP contribution in [-0.2, 0) is 0 Å². The summed E-state index contributed by atoms with van der Waals surface area (Å²) in [7, 11) is 0. The molecule has 0 aliphatic carbocycles. The number of carbonyl (C=O) groups is 2. The zero-order chi connectivity index (χ0) is 21.6. The summed E-state index contributed by atoms with van der Waals surface area (Å²) in [5.74, 6) is 0.482. The van der Waals surface area contributed by atoms with Crippen LogP contribution >= 0.6 is 11.3 Å². The molecule has 0 saturated heterocycles. The van der Waals surface area contributed by atoms with E-state index in [1.54, 1.807) is 24.3 Å². The Morgan fingerprint density at radius 1 is 1.00 bits per heavy atom. The minimum Gasteiger partial charge on any atom is -0.341 e. The highest BCUT2D eigenvalue weighted by atomic mass is 32.1. The lowest BCUT2D eigenvalue weighted by molar-refractivity contribution is 0.0936. The Balaban J connectivity index is 1.43. The lowest BCUT2D eigenvalue weighted by Crippen LogP contribution is -2.29. The van der Waals surface area contributed by atoms with E-state index in [4.69, 9.17) is 0 Å². The van der Waals surface area contributed by atoms with Gasteiger partial charge in [0, 0.05) is 11.9 Å². The predicted octanol–water partition coefficient (Wildman–Crippen LogP) is 4.71. The van der Waals surface area contributed by atoms with Crippen LogP contribution in [0.15, 0.2) is 66.9 Å². The fraction of sp³-hybridized carbons (Fsp3) is 0.182. The summed E-state index contributed by atoms with van der Waals surface area (Å²) in [5, 5.41) is 17.6. The van der Waals surface area contributed by atoms with Gasteiger partial charge in [-0.3, -0.25) is 14.5 Å². The highest BCUT2D eigenvalue weighted by molar-refractivity contribution is 7.18. The van der Waals surface area contributed by atoms with Crippen LogP contribution in [0.1, 0.15) is 41.3 Å². The van der Waals surface area contributed by atoms with Crippen molar-refractivity contribution in [1.29, 1.82) is 0 Å². The van der Waals surface area contributed by atoms with Gasteiger partial charge >= 0.3 is 6.03 Å². The molecular weight excluding hydrogens is 412 g/mol. The smallest absolute Gasteiger partial charge is 0.324 e. The molecule has 31 heavy (non-hydrogen) atoms. The van der Waals surface area contributed by atoms with Crippen LogP contribution in [-0.4, -0.2) is 26.5 Å². The topological polar surface area (TPSA) is 100 Å². The number of anilines is 2. The molecule has 0 saturated carbocycles. The summed E-state index contributed by atoms with van der Waals surface area (Å²) in [6, 6.07) is 17.6. The molecule has 1 atom stereocenters. The lowest BCUT2D eigenvalue weighted by Gasteiger charge is -2.16. The van der Waals surface area contributed by atoms with Crippen LogP contribution in [0.3, 0.4) is 0 Å². The van der Waals surface area contributed by atoms with E-state index >= 15 is 0 Å². The van der Waals surface area contributed by atoms with Gasteiger partial charge in [0.1, 0.15) is 0 Å². The summed E-state index contributed by atoms with van der Waals surface area (Å²) in [5.41, 5.74) is 1.43. The first kappa shape index (κ1) is 20.5. The summed E-state index contributed by atoms with van der Waals surface area (Å²) in [6.45, 7) is 2.06. The molecule has 4 aromatic rings. The molecule has 0 radical (unpaired) electrons. The first-order valence-electron chi connectivity index (χ1n) is 9.97. The molecule has 4 rings (SSSR count). The number of hydrogen-bond donors (Lipinski definition) is 3. The van der Waals surface area contributed by atoms with Crippen molar-refractivity contribution in [3.63, 3.8) is 0 Å². The molecule has 3 amide bonds. The average Bonchev–Trinajstić information content (AvgIpc) is 3.41. The van der Waals surface area contributed by atoms with E-state index in [2.05, 4.69) is 33.1 Å². The van der Waals surface area contributed by atoms with Gasteiger partial charge in [0.25, 0.3) is 5.91 Å². The van der Waals surface area contributed by atoms with Crippen molar-refractivity contribution in [3.8, 4) is 0 Å². The number of urea groups is 1. The Bertz CT molecular complexity index is 1190. The largest absolute Gasteiger partial charge is 0.341 e. The highest BCUT2D eigenvalue weighted by Gasteiger charge is 2.21. The number of carbonyl (C=O) groups excluding carboxylic acids is 2. The first-order chi connectivity index (χ1) is 15.1. The molecule has 9 heteroatoms. The minimum atomic E-state index is -0.362. The zero-order valence-electron chi connectivity index (χ0n) is 16.9. The molecule has 3 heterocycles. The number of aromatic nitrogens is 3. The van der Waals surface area contributed by atoms with E-state index in [1.807, 2.05) is 47.0 Å². The fourth-order valence-electron chi connectivity index (χ4n) is 3.20. The second-order valence-electron chi connectivity index (χ2n) is 6.91. The molecule has 0 spiro atoms. The second-order valence-corrected chi connectivity index (χ2v) is 7.99. The molecule has 158 valence electrons. The van der Waals surface area contributed by atoms with E-state index in [9.17, 15) is 9.59 Å². The first-order valence-corrected chi connectivity index (χ1v) is 10.8. The molecule has 0 aliphatic heterocycles. The molecule has 3 aromatic heterocycles. The van der Waals surface area contributed by atoms with Gasteiger partial charge < -0.3 is 10.6 Å². The minimum absolute atomic E-state index is 0.215. The van der Waals surface area contributed by atoms with Gasteiger partial charge in [-0.1, -0.05) is 37.6 Å². The van der Waals surface area contributed by atoms with E-state index in [1.165, 1.54) is 11.3 Å². The maximum atomic E-state index is 12.9. The van der Waals surface area contributed by atoms with Gasteiger partial charge in [-0.15, -0.1) is 21.5 Å². The molecule has 0 bridgehead atoms. The third-order valence-corrected chi connectivity index (χ3v) is 5.63. The van der Waals surface area contributed by atoms with Gasteiger partial charge in [0.05, 0.1) is 15.9 Å². The molecule has 1 aromatic carbocycles. The van der Waals surface area contributed by atoms with Crippen molar-refractivity contribution in [2.24, 2.45) is 0 Å². The summed E-state index contributed by atoms with van der Waals surface area (Å²) in [6.07, 6.45) is 3.50. The van der Waals surface area contributed by atoms with Crippen LogP contribution in [0.2, 0.25) is 0 Å². The number of para-hydroxylation sites is 1. The molecule has 1 unspecified atom stereocenters. The third kappa shape index (κ3) is 4.89. The van der Waals surface area contributed by atoms with Crippen molar-refractivity contribution in [1.82, 2.24) is 19.9 Å². The second kappa shape index (κ2) is 9.40. The van der Waals surface area contributed by atoms with Gasteiger partial charge in [-0.2, -0.15) is 0 Å². The van der Waals surface area contributed by atoms with E-state index in [0.29, 0.717) is 21.4 Å². The van der Waals surface area contributed by atoms with Crippen molar-refractivity contribution in [3.05, 3.63) is 77.6 Å². The Labute approximate surface area is 183 Å². The van der Waals surface area contributed by atoms with Gasteiger partial charge in [-0.25, -0.2) is 4.79 Å². The van der Waals surface area contributed by atoms with E-state index in [0.717, 1.165) is 18.5 Å². The molecule has 8 nitrogen and oxygen atoms in total. The maximum Gasteiger partial charge on any atom is 0.324 e. The highest BCUT2D eigenvalue weighted by Crippen LogP contribution is 2.24. The van der Waals surface area contributed by atoms with Crippen LogP contribution in [0, 0.1) is 0 Å². The third-order valence-electron chi connectivity index (χ3n) is 4.63. The lowest BCUT2D eigenvalue weighted by atomic mass is 10.1. The number of thiophene rings is 1. The quantitative estimate of drug-likeness (QED) is 0.392. The Kier molecular flexibility index (Phi) is 6.23. The monoisotopic (exact) mass is 434 g/mol. The van der Waals surface area contributed by atoms with Crippen molar-refractivity contribution < 1.29 is 9.59 Å². The summed E-state index contributed by atoms with van der Waals surface area (Å²) < 4.78 is 1.88. The number of nitrogens with zero attached hydrogens (tertiary/aromatic N) is 3. The number of nitrogens with one attached hydrogen (secondary N) is 3. The van der Waals surface area contributed by atoms with Crippen LogP contribution in [0.4, 0.5) is 15.5 Å². The summed E-state index contributed by atoms with van der Waals surface area (Å²) in [4.78, 5) is 25.5. The summed E-state index contributed by atoms with van der Waals surface area (Å²) >= 11 is 1.21. The number of pyridine rings is 1. The van der Waals surface area contributed by atoms with Crippen LogP contribution in [0.5, 0.6) is 0 Å². The average molecular weight is 435 g/mol. The number of fused-ring (bicyclic) bond motifs is 1. The van der Waals surface area contributed by atoms with Crippen molar-refractivity contribution in [2.45, 2.75) is 25.8 Å². The van der Waals surface area contributed by atoms with Gasteiger partial charge in [-0.05, 0) is 42.8 Å². The maximum absolute atomic E-state index is 12.9. The number of benzene rings is 1. The normalized spacial score (nSPS) is 11.8. The molecule has 0 fully saturated rings.